The second-order valence-corrected chi connectivity index (χ2v) is 6.83. The first-order valence-electron chi connectivity index (χ1n) is 6.21. The Kier molecular flexibility index (Phi) is 3.27. The fourth-order valence-electron chi connectivity index (χ4n) is 2.10. The lowest BCUT2D eigenvalue weighted by molar-refractivity contribution is -0.0648. The van der Waals surface area contributed by atoms with E-state index in [1.807, 2.05) is 25.9 Å². The third-order valence-electron chi connectivity index (χ3n) is 3.99. The highest BCUT2D eigenvalue weighted by Gasteiger charge is 2.44. The van der Waals surface area contributed by atoms with Crippen molar-refractivity contribution >= 4 is 22.6 Å². The molecule has 0 unspecified atom stereocenters. The molecule has 0 amide bonds. The number of aromatic nitrogens is 2. The number of anilines is 2. The number of aliphatic hydroxyl groups is 1. The predicted molar refractivity (Wildman–Crippen MR) is 75.5 cm³/mol. The quantitative estimate of drug-likeness (QED) is 0.884. The maximum Gasteiger partial charge on any atom is 0.238 e. The Morgan fingerprint density at radius 1 is 1.33 bits per heavy atom. The average molecular weight is 270 g/mol. The van der Waals surface area contributed by atoms with Crippen molar-refractivity contribution < 1.29 is 5.11 Å². The van der Waals surface area contributed by atoms with Crippen molar-refractivity contribution in [1.29, 1.82) is 0 Å². The van der Waals surface area contributed by atoms with E-state index in [1.165, 1.54) is 11.5 Å². The smallest absolute Gasteiger partial charge is 0.238 e. The minimum Gasteiger partial charge on any atom is -0.389 e. The Morgan fingerprint density at radius 2 is 2.00 bits per heavy atom. The monoisotopic (exact) mass is 270 g/mol. The van der Waals surface area contributed by atoms with E-state index >= 15 is 0 Å². The summed E-state index contributed by atoms with van der Waals surface area (Å²) in [6.45, 7) is 7.77. The lowest BCUT2D eigenvalue weighted by atomic mass is 9.71. The second kappa shape index (κ2) is 4.35. The van der Waals surface area contributed by atoms with Crippen molar-refractivity contribution in [3.05, 3.63) is 0 Å². The summed E-state index contributed by atoms with van der Waals surface area (Å²) in [6.07, 6.45) is 0.761. The van der Waals surface area contributed by atoms with Crippen molar-refractivity contribution in [3.8, 4) is 0 Å². The zero-order chi connectivity index (χ0) is 13.6. The van der Waals surface area contributed by atoms with Gasteiger partial charge in [-0.05, 0) is 13.3 Å². The van der Waals surface area contributed by atoms with E-state index in [2.05, 4.69) is 28.1 Å². The minimum absolute atomic E-state index is 0.144. The first-order valence-corrected chi connectivity index (χ1v) is 6.99. The van der Waals surface area contributed by atoms with Gasteiger partial charge in [0.05, 0.1) is 5.60 Å². The van der Waals surface area contributed by atoms with Gasteiger partial charge in [0.15, 0.2) is 0 Å². The molecule has 1 N–H and O–H groups in total. The Balaban J connectivity index is 2.16. The van der Waals surface area contributed by atoms with Crippen molar-refractivity contribution in [1.82, 2.24) is 9.36 Å². The Morgan fingerprint density at radius 3 is 2.50 bits per heavy atom. The van der Waals surface area contributed by atoms with Gasteiger partial charge in [0.25, 0.3) is 0 Å². The molecule has 1 aliphatic heterocycles. The van der Waals surface area contributed by atoms with Gasteiger partial charge in [-0.25, -0.2) is 0 Å². The Hall–Kier alpha value is -0.880. The van der Waals surface area contributed by atoms with Gasteiger partial charge in [0.1, 0.15) is 0 Å². The molecule has 2 heterocycles. The third kappa shape index (κ3) is 2.31. The molecule has 1 aliphatic rings. The zero-order valence-electron chi connectivity index (χ0n) is 11.8. The normalized spacial score (nSPS) is 27.3. The lowest BCUT2D eigenvalue weighted by Gasteiger charge is -2.48. The van der Waals surface area contributed by atoms with Crippen LogP contribution in [0.3, 0.4) is 0 Å². The Labute approximate surface area is 113 Å². The predicted octanol–water partition coefficient (Wildman–Crippen LogP) is 1.59. The summed E-state index contributed by atoms with van der Waals surface area (Å²) >= 11 is 1.43. The van der Waals surface area contributed by atoms with Crippen molar-refractivity contribution in [2.45, 2.75) is 32.8 Å². The summed E-state index contributed by atoms with van der Waals surface area (Å²) in [6, 6.07) is 0. The van der Waals surface area contributed by atoms with Crippen LogP contribution in [0.1, 0.15) is 27.2 Å². The molecule has 2 rings (SSSR count). The van der Waals surface area contributed by atoms with Crippen LogP contribution in [0.2, 0.25) is 0 Å². The number of piperidine rings is 1. The van der Waals surface area contributed by atoms with Gasteiger partial charge in [0, 0.05) is 44.1 Å². The first-order chi connectivity index (χ1) is 8.23. The van der Waals surface area contributed by atoms with E-state index in [1.54, 1.807) is 0 Å². The van der Waals surface area contributed by atoms with Gasteiger partial charge in [-0.2, -0.15) is 9.36 Å². The van der Waals surface area contributed by atoms with Gasteiger partial charge in [-0.15, -0.1) is 0 Å². The van der Waals surface area contributed by atoms with Crippen LogP contribution in [0.4, 0.5) is 11.1 Å². The van der Waals surface area contributed by atoms with Crippen LogP contribution in [-0.4, -0.2) is 47.2 Å². The largest absolute Gasteiger partial charge is 0.389 e. The fourth-order valence-corrected chi connectivity index (χ4v) is 2.86. The summed E-state index contributed by atoms with van der Waals surface area (Å²) in [5, 5.41) is 11.3. The summed E-state index contributed by atoms with van der Waals surface area (Å²) in [4.78, 5) is 8.66. The molecule has 1 aromatic rings. The molecule has 18 heavy (non-hydrogen) atoms. The van der Waals surface area contributed by atoms with Crippen molar-refractivity contribution in [3.63, 3.8) is 0 Å². The van der Waals surface area contributed by atoms with Crippen molar-refractivity contribution in [2.75, 3.05) is 37.0 Å². The van der Waals surface area contributed by atoms with E-state index in [9.17, 15) is 5.11 Å². The number of hydrogen-bond donors (Lipinski definition) is 1. The first kappa shape index (κ1) is 13.5. The van der Waals surface area contributed by atoms with E-state index in [0.29, 0.717) is 0 Å². The van der Waals surface area contributed by atoms with Crippen molar-refractivity contribution in [2.24, 2.45) is 5.41 Å². The SMILES string of the molecule is CN(C)c1nsc(N2CC[C@@](C)(O)C(C)(C)C2)n1. The molecular weight excluding hydrogens is 248 g/mol. The van der Waals surface area contributed by atoms with Gasteiger partial charge in [0.2, 0.25) is 11.1 Å². The van der Waals surface area contributed by atoms with Gasteiger partial charge in [-0.1, -0.05) is 13.8 Å². The van der Waals surface area contributed by atoms with Crippen LogP contribution in [0.5, 0.6) is 0 Å². The highest BCUT2D eigenvalue weighted by Crippen LogP contribution is 2.40. The van der Waals surface area contributed by atoms with Gasteiger partial charge in [-0.3, -0.25) is 0 Å². The maximum absolute atomic E-state index is 10.4. The highest BCUT2D eigenvalue weighted by molar-refractivity contribution is 7.09. The van der Waals surface area contributed by atoms with Crippen LogP contribution < -0.4 is 9.80 Å². The molecule has 1 fully saturated rings. The van der Waals surface area contributed by atoms with Crippen LogP contribution in [0.25, 0.3) is 0 Å². The number of rotatable bonds is 2. The minimum atomic E-state index is -0.613. The molecule has 0 aromatic carbocycles. The van der Waals surface area contributed by atoms with Crippen LogP contribution in [0, 0.1) is 5.41 Å². The number of nitrogens with zero attached hydrogens (tertiary/aromatic N) is 4. The van der Waals surface area contributed by atoms with Crippen LogP contribution >= 0.6 is 11.5 Å². The number of hydrogen-bond acceptors (Lipinski definition) is 6. The molecular formula is C12H22N4OS. The van der Waals surface area contributed by atoms with Crippen LogP contribution in [0.15, 0.2) is 0 Å². The molecule has 0 spiro atoms. The molecule has 0 aliphatic carbocycles. The Bertz CT molecular complexity index is 427. The lowest BCUT2D eigenvalue weighted by Crippen LogP contribution is -2.55. The summed E-state index contributed by atoms with van der Waals surface area (Å²) in [5.74, 6) is 0.755. The zero-order valence-corrected chi connectivity index (χ0v) is 12.6. The summed E-state index contributed by atoms with van der Waals surface area (Å²) < 4.78 is 4.33. The fraction of sp³-hybridized carbons (Fsp3) is 0.833. The highest BCUT2D eigenvalue weighted by atomic mass is 32.1. The van der Waals surface area contributed by atoms with Crippen LogP contribution in [-0.2, 0) is 0 Å². The summed E-state index contributed by atoms with van der Waals surface area (Å²) in [7, 11) is 3.88. The van der Waals surface area contributed by atoms with E-state index < -0.39 is 5.60 Å². The molecule has 102 valence electrons. The third-order valence-corrected chi connectivity index (χ3v) is 4.76. The van der Waals surface area contributed by atoms with E-state index in [0.717, 1.165) is 30.6 Å². The molecule has 0 radical (unpaired) electrons. The molecule has 0 bridgehead atoms. The molecule has 5 nitrogen and oxygen atoms in total. The van der Waals surface area contributed by atoms with Gasteiger partial charge >= 0.3 is 0 Å². The van der Waals surface area contributed by atoms with E-state index in [-0.39, 0.29) is 5.41 Å². The molecule has 1 aromatic heterocycles. The van der Waals surface area contributed by atoms with Gasteiger partial charge < -0.3 is 14.9 Å². The summed E-state index contributed by atoms with van der Waals surface area (Å²) in [5.41, 5.74) is -0.756. The van der Waals surface area contributed by atoms with E-state index in [4.69, 9.17) is 0 Å². The standard InChI is InChI=1S/C12H22N4OS/c1-11(2)8-16(7-6-12(11,3)17)10-13-9(14-18-10)15(4)5/h17H,6-8H2,1-5H3/t12-/m1/s1. The molecule has 0 saturated carbocycles. The molecule has 1 saturated heterocycles. The maximum atomic E-state index is 10.4. The second-order valence-electron chi connectivity index (χ2n) is 6.10. The molecule has 6 heteroatoms. The average Bonchev–Trinajstić information content (AvgIpc) is 2.71. The molecule has 1 atom stereocenters. The topological polar surface area (TPSA) is 52.5 Å².